The molecule has 8 heteroatoms. The van der Waals surface area contributed by atoms with Crippen molar-refractivity contribution in [3.63, 3.8) is 0 Å². The Hall–Kier alpha value is -1.83. The lowest BCUT2D eigenvalue weighted by atomic mass is 9.92. The van der Waals surface area contributed by atoms with E-state index in [1.165, 1.54) is 4.52 Å². The second kappa shape index (κ2) is 7.66. The number of hydrogen-bond acceptors (Lipinski definition) is 6. The van der Waals surface area contributed by atoms with Gasteiger partial charge in [0.2, 0.25) is 5.88 Å². The van der Waals surface area contributed by atoms with Crippen LogP contribution >= 0.6 is 15.9 Å². The second-order valence-corrected chi connectivity index (χ2v) is 9.32. The Morgan fingerprint density at radius 2 is 1.85 bits per heavy atom. The second-order valence-electron chi connectivity index (χ2n) is 8.53. The first-order chi connectivity index (χ1) is 12.4. The molecule has 2 rings (SSSR count). The van der Waals surface area contributed by atoms with Crippen LogP contribution in [0, 0.1) is 0 Å². The summed E-state index contributed by atoms with van der Waals surface area (Å²) in [6.45, 7) is 14.1. The predicted molar refractivity (Wildman–Crippen MR) is 109 cm³/mol. The Morgan fingerprint density at radius 1 is 1.22 bits per heavy atom. The predicted octanol–water partition coefficient (Wildman–Crippen LogP) is 4.51. The van der Waals surface area contributed by atoms with Crippen molar-refractivity contribution in [3.05, 3.63) is 15.9 Å². The molecule has 0 saturated carbocycles. The maximum Gasteiger partial charge on any atom is 0.359 e. The number of halogens is 1. The van der Waals surface area contributed by atoms with Crippen LogP contribution in [0.4, 0.5) is 5.69 Å². The van der Waals surface area contributed by atoms with Gasteiger partial charge >= 0.3 is 5.97 Å². The van der Waals surface area contributed by atoms with Crippen molar-refractivity contribution in [1.29, 1.82) is 0 Å². The Bertz CT molecular complexity index is 847. The van der Waals surface area contributed by atoms with E-state index >= 15 is 0 Å². The fraction of sp³-hybridized carbons (Fsp3) is 0.632. The summed E-state index contributed by atoms with van der Waals surface area (Å²) >= 11 is 3.43. The molecular formula is C19H29BrN4O3. The van der Waals surface area contributed by atoms with Crippen LogP contribution in [0.15, 0.2) is 4.47 Å². The molecule has 0 aliphatic heterocycles. The van der Waals surface area contributed by atoms with E-state index in [9.17, 15) is 4.79 Å². The quantitative estimate of drug-likeness (QED) is 0.543. The molecule has 2 N–H and O–H groups in total. The van der Waals surface area contributed by atoms with E-state index in [-0.39, 0.29) is 16.8 Å². The monoisotopic (exact) mass is 440 g/mol. The molecule has 0 fully saturated rings. The maximum atomic E-state index is 12.7. The highest BCUT2D eigenvalue weighted by Gasteiger charge is 2.31. The summed E-state index contributed by atoms with van der Waals surface area (Å²) < 4.78 is 13.3. The van der Waals surface area contributed by atoms with Gasteiger partial charge in [0.1, 0.15) is 11.3 Å². The number of nitrogen functional groups attached to an aromatic ring is 1. The Kier molecular flexibility index (Phi) is 6.09. The average molecular weight is 441 g/mol. The number of nitrogens with two attached hydrogens (primary N) is 1. The van der Waals surface area contributed by atoms with Gasteiger partial charge in [0.05, 0.1) is 16.8 Å². The summed E-state index contributed by atoms with van der Waals surface area (Å²) in [5.74, 6) is -0.0908. The van der Waals surface area contributed by atoms with Crippen LogP contribution in [0.25, 0.3) is 5.65 Å². The summed E-state index contributed by atoms with van der Waals surface area (Å²) in [7, 11) is 0. The van der Waals surface area contributed by atoms with E-state index < -0.39 is 11.6 Å². The van der Waals surface area contributed by atoms with Crippen LogP contribution in [0.5, 0.6) is 5.88 Å². The number of carbonyl (C=O) groups excluding carboxylic acids is 1. The van der Waals surface area contributed by atoms with Crippen molar-refractivity contribution in [2.24, 2.45) is 0 Å². The molecule has 0 unspecified atom stereocenters. The van der Waals surface area contributed by atoms with Gasteiger partial charge < -0.3 is 15.2 Å². The van der Waals surface area contributed by atoms with E-state index in [0.717, 1.165) is 12.8 Å². The molecule has 2 aromatic rings. The number of anilines is 1. The third-order valence-corrected chi connectivity index (χ3v) is 4.53. The molecular weight excluding hydrogens is 412 g/mol. The molecule has 0 saturated heterocycles. The van der Waals surface area contributed by atoms with Gasteiger partial charge in [0.15, 0.2) is 11.3 Å². The Morgan fingerprint density at radius 3 is 2.37 bits per heavy atom. The van der Waals surface area contributed by atoms with Crippen LogP contribution in [0.2, 0.25) is 0 Å². The largest absolute Gasteiger partial charge is 0.476 e. The van der Waals surface area contributed by atoms with E-state index in [4.69, 9.17) is 15.2 Å². The molecule has 7 nitrogen and oxygen atoms in total. The maximum absolute atomic E-state index is 12.7. The number of carbonyl (C=O) groups is 1. The molecule has 0 amide bonds. The zero-order chi connectivity index (χ0) is 20.6. The lowest BCUT2D eigenvalue weighted by Gasteiger charge is -2.22. The topological polar surface area (TPSA) is 91.7 Å². The summed E-state index contributed by atoms with van der Waals surface area (Å²) in [6.07, 6.45) is 1.94. The zero-order valence-corrected chi connectivity index (χ0v) is 18.7. The van der Waals surface area contributed by atoms with Crippen molar-refractivity contribution in [3.8, 4) is 5.88 Å². The van der Waals surface area contributed by atoms with E-state index in [2.05, 4.69) is 32.9 Å². The van der Waals surface area contributed by atoms with Gasteiger partial charge in [-0.2, -0.15) is 10.1 Å². The molecule has 0 aliphatic carbocycles. The number of aromatic nitrogens is 3. The number of nitrogens with zero attached hydrogens (tertiary/aromatic N) is 3. The molecule has 0 aromatic carbocycles. The normalized spacial score (nSPS) is 12.4. The van der Waals surface area contributed by atoms with Gasteiger partial charge in [-0.05, 0) is 43.1 Å². The fourth-order valence-corrected chi connectivity index (χ4v) is 2.87. The number of ether oxygens (including phenoxy) is 2. The van der Waals surface area contributed by atoms with Crippen LogP contribution in [0.1, 0.15) is 77.5 Å². The summed E-state index contributed by atoms with van der Waals surface area (Å²) in [5, 5.41) is 4.68. The molecule has 27 heavy (non-hydrogen) atoms. The average Bonchev–Trinajstić information content (AvgIpc) is 2.76. The number of hydrogen-bond donors (Lipinski definition) is 1. The van der Waals surface area contributed by atoms with Crippen molar-refractivity contribution in [1.82, 2.24) is 14.6 Å². The molecule has 0 spiro atoms. The van der Waals surface area contributed by atoms with Crippen LogP contribution < -0.4 is 10.5 Å². The van der Waals surface area contributed by atoms with Gasteiger partial charge in [0.25, 0.3) is 0 Å². The minimum absolute atomic E-state index is 0.157. The molecule has 150 valence electrons. The number of esters is 1. The lowest BCUT2D eigenvalue weighted by Crippen LogP contribution is -2.26. The zero-order valence-electron chi connectivity index (χ0n) is 17.1. The lowest BCUT2D eigenvalue weighted by molar-refractivity contribution is 0.00614. The van der Waals surface area contributed by atoms with Crippen LogP contribution in [-0.4, -0.2) is 32.8 Å². The smallest absolute Gasteiger partial charge is 0.359 e. The first kappa shape index (κ1) is 21.5. The molecule has 0 radical (unpaired) electrons. The van der Waals surface area contributed by atoms with Crippen LogP contribution in [-0.2, 0) is 10.2 Å². The van der Waals surface area contributed by atoms with E-state index in [1.807, 2.05) is 20.8 Å². The van der Waals surface area contributed by atoms with Crippen LogP contribution in [0.3, 0.4) is 0 Å². The van der Waals surface area contributed by atoms with Gasteiger partial charge in [0, 0.05) is 5.41 Å². The highest BCUT2D eigenvalue weighted by atomic mass is 79.9. The molecule has 0 aliphatic rings. The summed E-state index contributed by atoms with van der Waals surface area (Å²) in [5.41, 5.74) is 6.67. The van der Waals surface area contributed by atoms with E-state index in [1.54, 1.807) is 20.8 Å². The third kappa shape index (κ3) is 4.72. The third-order valence-electron chi connectivity index (χ3n) is 3.75. The number of fused-ring (bicyclic) bond motifs is 1. The minimum atomic E-state index is -0.649. The van der Waals surface area contributed by atoms with Gasteiger partial charge in [-0.15, -0.1) is 0 Å². The Labute approximate surface area is 168 Å². The standard InChI is InChI=1S/C19H29BrN4O3/c1-8-9-10-26-16-14(18(2,3)4)23-24-13(17(25)27-19(5,6)7)12(21)11(20)15(24)22-16/h8-10,21H2,1-7H3. The van der Waals surface area contributed by atoms with Crippen molar-refractivity contribution < 1.29 is 14.3 Å². The van der Waals surface area contributed by atoms with Gasteiger partial charge in [-0.1, -0.05) is 34.1 Å². The van der Waals surface area contributed by atoms with Crippen molar-refractivity contribution >= 4 is 33.2 Å². The first-order valence-corrected chi connectivity index (χ1v) is 9.90. The van der Waals surface area contributed by atoms with Gasteiger partial charge in [-0.25, -0.2) is 9.31 Å². The van der Waals surface area contributed by atoms with Gasteiger partial charge in [-0.3, -0.25) is 0 Å². The van der Waals surface area contributed by atoms with E-state index in [0.29, 0.717) is 28.3 Å². The molecule has 0 atom stereocenters. The SMILES string of the molecule is CCCCOc1nc2c(Br)c(N)c(C(=O)OC(C)(C)C)n2nc1C(C)(C)C. The molecule has 0 bridgehead atoms. The first-order valence-electron chi connectivity index (χ1n) is 9.11. The van der Waals surface area contributed by atoms with Crippen molar-refractivity contribution in [2.75, 3.05) is 12.3 Å². The number of unbranched alkanes of at least 4 members (excludes halogenated alkanes) is 1. The Balaban J connectivity index is 2.67. The summed E-state index contributed by atoms with van der Waals surface area (Å²) in [4.78, 5) is 17.3. The molecule has 2 aromatic heterocycles. The molecule has 2 heterocycles. The van der Waals surface area contributed by atoms with Crippen molar-refractivity contribution in [2.45, 2.75) is 72.3 Å². The summed E-state index contributed by atoms with van der Waals surface area (Å²) in [6, 6.07) is 0. The number of rotatable bonds is 5. The highest BCUT2D eigenvalue weighted by molar-refractivity contribution is 9.10. The highest BCUT2D eigenvalue weighted by Crippen LogP contribution is 2.35. The fourth-order valence-electron chi connectivity index (χ4n) is 2.43. The minimum Gasteiger partial charge on any atom is -0.476 e.